The van der Waals surface area contributed by atoms with Gasteiger partial charge in [-0.2, -0.15) is 0 Å². The maximum Gasteiger partial charge on any atom is 0.118 e. The predicted octanol–water partition coefficient (Wildman–Crippen LogP) is 2.97. The Morgan fingerprint density at radius 2 is 2.07 bits per heavy atom. The van der Waals surface area contributed by atoms with Crippen molar-refractivity contribution in [3.8, 4) is 5.75 Å². The van der Waals surface area contributed by atoms with Crippen LogP contribution in [-0.2, 0) is 31.7 Å². The number of methoxy groups -OCH3 is 1. The number of ether oxygens (including phenoxy) is 1. The monoisotopic (exact) mass is 298 g/mol. The Labute approximate surface area is 101 Å². The number of benzene rings is 1. The highest BCUT2D eigenvalue weighted by Crippen LogP contribution is 2.84. The summed E-state index contributed by atoms with van der Waals surface area (Å²) in [4.78, 5) is 0. The van der Waals surface area contributed by atoms with Crippen molar-refractivity contribution in [2.75, 3.05) is 7.11 Å². The third-order valence-electron chi connectivity index (χ3n) is 1.84. The molecule has 1 aromatic carbocycles. The maximum absolute atomic E-state index is 5.65. The van der Waals surface area contributed by atoms with Crippen molar-refractivity contribution in [2.24, 2.45) is 0 Å². The van der Waals surface area contributed by atoms with E-state index in [0.29, 0.717) is 0 Å². The van der Waals surface area contributed by atoms with E-state index in [9.17, 15) is 0 Å². The van der Waals surface area contributed by atoms with Crippen LogP contribution < -0.4 is 10.0 Å². The summed E-state index contributed by atoms with van der Waals surface area (Å²) in [5.74, 6) is 0.882. The highest BCUT2D eigenvalue weighted by atomic mass is 33.8. The zero-order valence-electron chi connectivity index (χ0n) is 7.30. The van der Waals surface area contributed by atoms with Crippen molar-refractivity contribution in [3.05, 3.63) is 24.3 Å². The fraction of sp³-hybridized carbons (Fsp3) is 0.143. The zero-order chi connectivity index (χ0) is 10.2. The third-order valence-corrected chi connectivity index (χ3v) is 33.5. The topological polar surface area (TPSA) is 9.23 Å². The molecular weight excluding hydrogens is 290 g/mol. The highest BCUT2D eigenvalue weighted by Gasteiger charge is 2.34. The van der Waals surface area contributed by atoms with Crippen molar-refractivity contribution in [2.45, 2.75) is 0 Å². The van der Waals surface area contributed by atoms with Gasteiger partial charge in [0.05, 0.1) is 11.6 Å². The van der Waals surface area contributed by atoms with Gasteiger partial charge in [0.15, 0.2) is 0 Å². The summed E-state index contributed by atoms with van der Waals surface area (Å²) in [7, 11) is 1.73. The molecule has 2 rings (SSSR count). The molecule has 0 bridgehead atoms. The molecule has 0 radical (unpaired) electrons. The zero-order valence-corrected chi connectivity index (χ0v) is 12.5. The molecule has 1 heterocycles. The van der Waals surface area contributed by atoms with Gasteiger partial charge >= 0.3 is 0 Å². The van der Waals surface area contributed by atoms with Crippen LogP contribution in [0.2, 0.25) is 0 Å². The van der Waals surface area contributed by atoms with E-state index in [4.69, 9.17) is 27.7 Å². The molecule has 3 atom stereocenters. The van der Waals surface area contributed by atoms with Crippen LogP contribution in [0.4, 0.5) is 0 Å². The van der Waals surface area contributed by atoms with Gasteiger partial charge in [-0.15, -0.1) is 0 Å². The van der Waals surface area contributed by atoms with Crippen molar-refractivity contribution in [3.63, 3.8) is 0 Å². The van der Waals surface area contributed by atoms with E-state index in [2.05, 4.69) is 12.1 Å². The van der Waals surface area contributed by atoms with E-state index in [1.165, 1.54) is 5.30 Å². The summed E-state index contributed by atoms with van der Waals surface area (Å²) in [6.07, 6.45) is 0. The second kappa shape index (κ2) is 4.48. The smallest absolute Gasteiger partial charge is 0.118 e. The normalized spacial score (nSPS) is 32.5. The fourth-order valence-corrected chi connectivity index (χ4v) is 27.2. The van der Waals surface area contributed by atoms with Gasteiger partial charge in [-0.3, -0.25) is 0 Å². The molecule has 0 saturated carbocycles. The van der Waals surface area contributed by atoms with E-state index in [1.807, 2.05) is 23.1 Å². The highest BCUT2D eigenvalue weighted by molar-refractivity contribution is 9.40. The molecule has 1 aliphatic rings. The lowest BCUT2D eigenvalue weighted by molar-refractivity contribution is 0.415. The quantitative estimate of drug-likeness (QED) is 0.776. The fourth-order valence-electron chi connectivity index (χ4n) is 1.05. The Morgan fingerprint density at radius 1 is 1.43 bits per heavy atom. The number of hydrogen-bond acceptors (Lipinski definition) is 4. The lowest BCUT2D eigenvalue weighted by atomic mass is 10.3. The first-order valence-electron chi connectivity index (χ1n) is 3.78. The minimum atomic E-state index is -1.42. The van der Waals surface area contributed by atoms with E-state index in [-0.39, 0.29) is 8.69 Å². The van der Waals surface area contributed by atoms with Crippen LogP contribution in [0, 0.1) is 0 Å². The minimum Gasteiger partial charge on any atom is -0.497 e. The average Bonchev–Trinajstić information content (AvgIpc) is 2.26. The van der Waals surface area contributed by atoms with Crippen LogP contribution in [0.15, 0.2) is 24.3 Å². The molecule has 1 nitrogen and oxygen atoms in total. The van der Waals surface area contributed by atoms with Crippen LogP contribution in [-0.4, -0.2) is 7.11 Å². The van der Waals surface area contributed by atoms with E-state index in [1.54, 1.807) is 7.11 Å². The van der Waals surface area contributed by atoms with Gasteiger partial charge in [-0.05, 0) is 44.1 Å². The molecule has 0 amide bonds. The molecular formula is C7H8OP2S4. The molecule has 0 aromatic heterocycles. The predicted molar refractivity (Wildman–Crippen MR) is 77.5 cm³/mol. The van der Waals surface area contributed by atoms with Crippen LogP contribution in [0.5, 0.6) is 5.75 Å². The average molecular weight is 298 g/mol. The summed E-state index contributed by atoms with van der Waals surface area (Å²) in [6, 6.07) is 8.08. The van der Waals surface area contributed by atoms with Crippen molar-refractivity contribution in [1.29, 1.82) is 0 Å². The first-order valence-corrected chi connectivity index (χ1v) is 13.2. The van der Waals surface area contributed by atoms with Gasteiger partial charge < -0.3 is 4.74 Å². The molecule has 1 fully saturated rings. The summed E-state index contributed by atoms with van der Waals surface area (Å²) < 4.78 is 3.69. The van der Waals surface area contributed by atoms with Gasteiger partial charge in [0.1, 0.15) is 5.75 Å². The Balaban J connectivity index is 2.34. The van der Waals surface area contributed by atoms with Crippen molar-refractivity contribution in [1.82, 2.24) is 0 Å². The molecule has 1 aliphatic heterocycles. The maximum atomic E-state index is 5.65. The molecule has 0 aliphatic carbocycles. The first kappa shape index (κ1) is 11.5. The van der Waals surface area contributed by atoms with Gasteiger partial charge in [0.2, 0.25) is 0 Å². The van der Waals surface area contributed by atoms with E-state index >= 15 is 0 Å². The standard InChI is InChI=1S/C7H8OP2S4/c1-8-6-2-4-7(5-3-6)10(11)13-9-14(10)12/h2-5,9H,1H3. The molecule has 7 heteroatoms. The second-order valence-corrected chi connectivity index (χ2v) is 22.2. The summed E-state index contributed by atoms with van der Waals surface area (Å²) in [5, 5.41) is 1.26. The van der Waals surface area contributed by atoms with Gasteiger partial charge in [0, 0.05) is 12.3 Å². The third kappa shape index (κ3) is 1.95. The lowest BCUT2D eigenvalue weighted by Crippen LogP contribution is -2.06. The first-order chi connectivity index (χ1) is 6.66. The summed E-state index contributed by atoms with van der Waals surface area (Å²) in [6.45, 7) is 0.842. The van der Waals surface area contributed by atoms with Crippen LogP contribution >= 0.6 is 22.4 Å². The molecule has 1 aromatic rings. The second-order valence-electron chi connectivity index (χ2n) is 2.62. The Morgan fingerprint density at radius 3 is 2.43 bits per heavy atom. The SMILES string of the molecule is COc1ccc(P2(=S)SPS2=S)cc1. The van der Waals surface area contributed by atoms with Crippen molar-refractivity contribution < 1.29 is 4.74 Å². The van der Waals surface area contributed by atoms with Gasteiger partial charge in [-0.1, -0.05) is 22.8 Å². The van der Waals surface area contributed by atoms with Crippen LogP contribution in [0.25, 0.3) is 0 Å². The largest absolute Gasteiger partial charge is 0.497 e. The Bertz CT molecular complexity index is 416. The number of hydrogen-bond donors (Lipinski definition) is 0. The summed E-state index contributed by atoms with van der Waals surface area (Å²) in [5.41, 5.74) is 0. The van der Waals surface area contributed by atoms with Crippen molar-refractivity contribution >= 4 is 59.4 Å². The molecule has 76 valence electrons. The van der Waals surface area contributed by atoms with E-state index in [0.717, 1.165) is 12.7 Å². The van der Waals surface area contributed by atoms with E-state index < -0.39 is 4.44 Å². The molecule has 14 heavy (non-hydrogen) atoms. The Kier molecular flexibility index (Phi) is 3.69. The molecule has 3 unspecified atom stereocenters. The Hall–Kier alpha value is 1.02. The molecule has 1 saturated heterocycles. The van der Waals surface area contributed by atoms with Crippen LogP contribution in [0.1, 0.15) is 0 Å². The van der Waals surface area contributed by atoms with Gasteiger partial charge in [0.25, 0.3) is 0 Å². The number of rotatable bonds is 2. The minimum absolute atomic E-state index is 0.0543. The van der Waals surface area contributed by atoms with Crippen LogP contribution in [0.3, 0.4) is 0 Å². The lowest BCUT2D eigenvalue weighted by Gasteiger charge is -2.31. The molecule has 0 N–H and O–H groups in total. The summed E-state index contributed by atoms with van der Waals surface area (Å²) >= 11 is 12.9. The van der Waals surface area contributed by atoms with Gasteiger partial charge in [-0.25, -0.2) is 0 Å². The molecule has 0 spiro atoms.